The lowest BCUT2D eigenvalue weighted by molar-refractivity contribution is -0.242. The summed E-state index contributed by atoms with van der Waals surface area (Å²) >= 11 is 0. The molecule has 0 bridgehead atoms. The lowest BCUT2D eigenvalue weighted by Gasteiger charge is -2.35. The number of unbranched alkanes of at least 4 members (excludes halogenated alkanes) is 9. The van der Waals surface area contributed by atoms with Crippen LogP contribution >= 0.6 is 0 Å². The molecule has 1 aliphatic rings. The van der Waals surface area contributed by atoms with E-state index in [1.54, 1.807) is 0 Å². The zero-order valence-electron chi connectivity index (χ0n) is 16.2. The van der Waals surface area contributed by atoms with E-state index in [1.165, 1.54) is 68.9 Å². The molecule has 0 spiro atoms. The molecule has 0 aliphatic carbocycles. The molecule has 1 aliphatic heterocycles. The Hall–Kier alpha value is -0.670. The molecule has 1 saturated heterocycles. The van der Waals surface area contributed by atoms with E-state index in [0.29, 0.717) is 0 Å². The van der Waals surface area contributed by atoms with Crippen molar-refractivity contribution in [2.75, 3.05) is 0 Å². The Labute approximate surface area is 149 Å². The van der Waals surface area contributed by atoms with Crippen molar-refractivity contribution in [2.24, 2.45) is 0 Å². The molecule has 1 heterocycles. The number of hydroxylamine groups is 2. The van der Waals surface area contributed by atoms with Gasteiger partial charge in [-0.05, 0) is 39.2 Å². The minimum atomic E-state index is -0.454. The van der Waals surface area contributed by atoms with E-state index < -0.39 is 5.54 Å². The van der Waals surface area contributed by atoms with Crippen LogP contribution in [0.4, 0.5) is 0 Å². The average molecular weight is 337 g/mol. The van der Waals surface area contributed by atoms with Crippen molar-refractivity contribution < 1.29 is 10.0 Å². The normalized spacial score (nSPS) is 24.0. The number of allylic oxidation sites excluding steroid dienone is 1. The summed E-state index contributed by atoms with van der Waals surface area (Å²) in [5, 5.41) is 14.0. The minimum absolute atomic E-state index is 0.314. The lowest BCUT2D eigenvalue weighted by atomic mass is 9.89. The van der Waals surface area contributed by atoms with Crippen LogP contribution in [-0.2, 0) is 10.0 Å². The Bertz CT molecular complexity index is 378. The van der Waals surface area contributed by atoms with Crippen molar-refractivity contribution >= 4 is 6.29 Å². The van der Waals surface area contributed by atoms with Crippen LogP contribution in [0.1, 0.15) is 104 Å². The Kier molecular flexibility index (Phi) is 9.84. The Balaban J connectivity index is 2.25. The van der Waals surface area contributed by atoms with E-state index in [1.807, 2.05) is 19.9 Å². The third kappa shape index (κ3) is 6.68. The second-order valence-electron chi connectivity index (χ2n) is 8.14. The lowest BCUT2D eigenvalue weighted by Crippen LogP contribution is -2.47. The quantitative estimate of drug-likeness (QED) is 0.235. The van der Waals surface area contributed by atoms with Gasteiger partial charge in [0.1, 0.15) is 6.29 Å². The Morgan fingerprint density at radius 2 is 1.42 bits per heavy atom. The molecule has 0 amide bonds. The molecule has 24 heavy (non-hydrogen) atoms. The Morgan fingerprint density at radius 3 is 1.88 bits per heavy atom. The van der Waals surface area contributed by atoms with Crippen LogP contribution in [-0.4, -0.2) is 22.4 Å². The zero-order chi connectivity index (χ0) is 17.9. The Morgan fingerprint density at radius 1 is 0.875 bits per heavy atom. The summed E-state index contributed by atoms with van der Waals surface area (Å²) in [5.74, 6) is 0. The smallest absolute Gasteiger partial charge is 0.142 e. The van der Waals surface area contributed by atoms with Gasteiger partial charge in [-0.15, -0.1) is 10.3 Å². The number of rotatable bonds is 13. The minimum Gasteiger partial charge on any atom is -0.299 e. The van der Waals surface area contributed by atoms with E-state index in [4.69, 9.17) is 0 Å². The molecule has 1 unspecified atom stereocenters. The molecule has 1 atom stereocenters. The summed E-state index contributed by atoms with van der Waals surface area (Å²) in [6.45, 7) is 6.27. The first kappa shape index (κ1) is 21.4. The second-order valence-corrected chi connectivity index (χ2v) is 8.14. The van der Waals surface area contributed by atoms with Gasteiger partial charge in [0.15, 0.2) is 0 Å². The summed E-state index contributed by atoms with van der Waals surface area (Å²) < 4.78 is 0. The topological polar surface area (TPSA) is 40.2 Å². The fourth-order valence-electron chi connectivity index (χ4n) is 3.93. The molecule has 0 aromatic carbocycles. The standard InChI is InChI=1S/C21H38NO2/c1-4-5-6-7-8-9-10-11-12-13-15-21(16-14-19-23)18-17-20(2,3)22(21)24/h14,16,19H,4-13,15,17-18H2,1-3H3/b16-14+. The molecular weight excluding hydrogens is 298 g/mol. The van der Waals surface area contributed by atoms with Crippen LogP contribution in [0.25, 0.3) is 0 Å². The van der Waals surface area contributed by atoms with E-state index in [2.05, 4.69) is 6.92 Å². The molecule has 1 rings (SSSR count). The van der Waals surface area contributed by atoms with Gasteiger partial charge in [-0.1, -0.05) is 77.2 Å². The van der Waals surface area contributed by atoms with Crippen LogP contribution in [0.2, 0.25) is 0 Å². The van der Waals surface area contributed by atoms with Gasteiger partial charge in [-0.2, -0.15) is 0 Å². The van der Waals surface area contributed by atoms with Crippen molar-refractivity contribution in [3.05, 3.63) is 12.2 Å². The van der Waals surface area contributed by atoms with E-state index in [9.17, 15) is 10.0 Å². The summed E-state index contributed by atoms with van der Waals surface area (Å²) in [5.41, 5.74) is -0.768. The van der Waals surface area contributed by atoms with Gasteiger partial charge in [-0.25, -0.2) is 0 Å². The molecule has 3 heteroatoms. The molecule has 0 saturated carbocycles. The van der Waals surface area contributed by atoms with Gasteiger partial charge in [-0.3, -0.25) is 4.79 Å². The van der Waals surface area contributed by atoms with Gasteiger partial charge in [0.2, 0.25) is 0 Å². The maximum Gasteiger partial charge on any atom is 0.142 e. The number of hydrogen-bond acceptors (Lipinski definition) is 2. The molecule has 0 aromatic rings. The predicted molar refractivity (Wildman–Crippen MR) is 100 cm³/mol. The van der Waals surface area contributed by atoms with E-state index >= 15 is 0 Å². The van der Waals surface area contributed by atoms with Gasteiger partial charge >= 0.3 is 0 Å². The first-order chi connectivity index (χ1) is 11.5. The highest BCUT2D eigenvalue weighted by Crippen LogP contribution is 2.43. The average Bonchev–Trinajstić information content (AvgIpc) is 2.79. The molecule has 3 nitrogen and oxygen atoms in total. The molecule has 0 aromatic heterocycles. The van der Waals surface area contributed by atoms with E-state index in [0.717, 1.165) is 32.0 Å². The van der Waals surface area contributed by atoms with Crippen molar-refractivity contribution in [1.82, 2.24) is 5.06 Å². The molecule has 139 valence electrons. The van der Waals surface area contributed by atoms with Crippen LogP contribution in [0.3, 0.4) is 0 Å². The third-order valence-electron chi connectivity index (χ3n) is 5.57. The van der Waals surface area contributed by atoms with Crippen molar-refractivity contribution in [3.63, 3.8) is 0 Å². The van der Waals surface area contributed by atoms with Crippen molar-refractivity contribution in [3.8, 4) is 0 Å². The number of carbonyl (C=O) groups is 1. The van der Waals surface area contributed by atoms with E-state index in [-0.39, 0.29) is 5.54 Å². The highest BCUT2D eigenvalue weighted by atomic mass is 16.5. The monoisotopic (exact) mass is 336 g/mol. The molecule has 1 fully saturated rings. The fourth-order valence-corrected chi connectivity index (χ4v) is 3.93. The van der Waals surface area contributed by atoms with Crippen molar-refractivity contribution in [2.45, 2.75) is 115 Å². The largest absolute Gasteiger partial charge is 0.299 e. The maximum atomic E-state index is 12.7. The summed E-state index contributed by atoms with van der Waals surface area (Å²) in [7, 11) is 0. The number of aldehydes is 1. The van der Waals surface area contributed by atoms with Gasteiger partial charge in [0.05, 0.1) is 5.54 Å². The molecule has 0 N–H and O–H groups in total. The van der Waals surface area contributed by atoms with Crippen molar-refractivity contribution in [1.29, 1.82) is 0 Å². The highest BCUT2D eigenvalue weighted by molar-refractivity contribution is 5.65. The van der Waals surface area contributed by atoms with Crippen LogP contribution in [0, 0.1) is 0 Å². The number of hydrogen-bond donors (Lipinski definition) is 0. The fraction of sp³-hybridized carbons (Fsp3) is 0.857. The van der Waals surface area contributed by atoms with Crippen LogP contribution in [0.15, 0.2) is 12.2 Å². The third-order valence-corrected chi connectivity index (χ3v) is 5.57. The van der Waals surface area contributed by atoms with Crippen LogP contribution in [0.5, 0.6) is 0 Å². The first-order valence-electron chi connectivity index (χ1n) is 10.1. The molecule has 1 radical (unpaired) electrons. The highest BCUT2D eigenvalue weighted by Gasteiger charge is 2.49. The number of carbonyl (C=O) groups excluding carboxylic acids is 1. The van der Waals surface area contributed by atoms with Crippen LogP contribution < -0.4 is 0 Å². The van der Waals surface area contributed by atoms with Gasteiger partial charge in [0.25, 0.3) is 0 Å². The zero-order valence-corrected chi connectivity index (χ0v) is 16.2. The second kappa shape index (κ2) is 11.0. The maximum absolute atomic E-state index is 12.7. The first-order valence-corrected chi connectivity index (χ1v) is 10.1. The summed E-state index contributed by atoms with van der Waals surface area (Å²) in [6.07, 6.45) is 19.8. The molecular formula is C21H38NO2. The van der Waals surface area contributed by atoms with Gasteiger partial charge in [0, 0.05) is 5.54 Å². The number of nitrogens with zero attached hydrogens (tertiary/aromatic N) is 1. The summed E-state index contributed by atoms with van der Waals surface area (Å²) in [4.78, 5) is 10.7. The van der Waals surface area contributed by atoms with Gasteiger partial charge < -0.3 is 0 Å². The predicted octanol–water partition coefficient (Wildman–Crippen LogP) is 6.01. The SMILES string of the molecule is CCCCCCCCCCCCC1(/C=C/C=O)CCC(C)(C)N1[O]. The summed E-state index contributed by atoms with van der Waals surface area (Å²) in [6, 6.07) is 0.